The third-order valence-electron chi connectivity index (χ3n) is 7.32. The molecule has 7 heteroatoms. The second kappa shape index (κ2) is 25.3. The van der Waals surface area contributed by atoms with Gasteiger partial charge in [-0.3, -0.25) is 19.2 Å². The van der Waals surface area contributed by atoms with E-state index in [1.54, 1.807) is 30.4 Å². The second-order valence-electron chi connectivity index (χ2n) is 11.3. The van der Waals surface area contributed by atoms with Gasteiger partial charge in [0.05, 0.1) is 0 Å². The minimum atomic E-state index is -0.319. The molecule has 0 aromatic heterocycles. The fourth-order valence-corrected chi connectivity index (χ4v) is 4.70. The molecule has 0 aliphatic carbocycles. The van der Waals surface area contributed by atoms with Crippen LogP contribution in [-0.4, -0.2) is 43.1 Å². The van der Waals surface area contributed by atoms with Crippen molar-refractivity contribution < 1.29 is 19.2 Å². The van der Waals surface area contributed by atoms with E-state index in [1.165, 1.54) is 38.5 Å². The van der Waals surface area contributed by atoms with Gasteiger partial charge in [-0.25, -0.2) is 0 Å². The maximum atomic E-state index is 13.0. The van der Waals surface area contributed by atoms with Gasteiger partial charge in [-0.2, -0.15) is 0 Å². The van der Waals surface area contributed by atoms with Crippen LogP contribution in [0.15, 0.2) is 42.5 Å². The van der Waals surface area contributed by atoms with Gasteiger partial charge in [0.25, 0.3) is 17.7 Å². The van der Waals surface area contributed by atoms with Gasteiger partial charge in [0.15, 0.2) is 5.78 Å². The highest BCUT2D eigenvalue weighted by atomic mass is 16.2. The van der Waals surface area contributed by atoms with Crippen LogP contribution in [0.5, 0.6) is 0 Å². The highest BCUT2D eigenvalue weighted by Gasteiger charge is 2.16. The maximum Gasteiger partial charge on any atom is 0.251 e. The molecular weight excluding hydrogens is 538 g/mol. The minimum absolute atomic E-state index is 0.0935. The fourth-order valence-electron chi connectivity index (χ4n) is 4.70. The first-order valence-electron chi connectivity index (χ1n) is 16.7. The molecule has 0 aliphatic rings. The van der Waals surface area contributed by atoms with E-state index in [0.717, 1.165) is 57.8 Å². The van der Waals surface area contributed by atoms with Crippen molar-refractivity contribution in [2.45, 2.75) is 124 Å². The molecule has 240 valence electrons. The number of ketones is 1. The smallest absolute Gasteiger partial charge is 0.251 e. The zero-order valence-electron chi connectivity index (χ0n) is 27.1. The van der Waals surface area contributed by atoms with Crippen LogP contribution in [0.2, 0.25) is 0 Å². The molecule has 0 aliphatic heterocycles. The molecule has 0 bridgehead atoms. The van der Waals surface area contributed by atoms with Gasteiger partial charge in [0.2, 0.25) is 0 Å². The van der Waals surface area contributed by atoms with E-state index < -0.39 is 0 Å². The Morgan fingerprint density at radius 2 is 0.907 bits per heavy atom. The van der Waals surface area contributed by atoms with Crippen molar-refractivity contribution in [3.8, 4) is 0 Å². The summed E-state index contributed by atoms with van der Waals surface area (Å²) in [4.78, 5) is 50.8. The Kier molecular flexibility index (Phi) is 22.2. The maximum absolute atomic E-state index is 13.0. The number of hydrogen-bond donors (Lipinski definition) is 3. The van der Waals surface area contributed by atoms with Gasteiger partial charge in [-0.1, -0.05) is 103 Å². The summed E-state index contributed by atoms with van der Waals surface area (Å²) >= 11 is 0. The molecule has 0 heterocycles. The molecule has 0 fully saturated rings. The molecule has 1 aromatic carbocycles. The standard InChI is InChI=1S/C36H57N3O4/c1-4-7-10-12-14-19-24-37-34(41)30-27-31(35(42)38-25-20-15-13-11-8-5-2)29-32(28-30)36(43)39-26-21-16-18-23-33(40)22-17-9-6-3/h6,9,17,22,27-29H,4-5,7-8,10-16,18-21,23-26H2,1-3H3,(H,37,41)(H,38,42)(H,39,43). The summed E-state index contributed by atoms with van der Waals surface area (Å²) in [6.07, 6.45) is 23.4. The molecule has 1 aromatic rings. The SMILES string of the molecule is CC=CC=CC(=O)CCCCCNC(=O)c1cc(C(=O)NCCCCCCCC)cc(C(=O)NCCCCCCCC)c1. The predicted octanol–water partition coefficient (Wildman–Crippen LogP) is 7.86. The lowest BCUT2D eigenvalue weighted by Crippen LogP contribution is -2.29. The molecule has 0 radical (unpaired) electrons. The number of benzene rings is 1. The van der Waals surface area contributed by atoms with Crippen molar-refractivity contribution >= 4 is 23.5 Å². The zero-order valence-corrected chi connectivity index (χ0v) is 27.1. The summed E-state index contributed by atoms with van der Waals surface area (Å²) in [5, 5.41) is 8.81. The number of carbonyl (C=O) groups is 4. The Morgan fingerprint density at radius 3 is 1.30 bits per heavy atom. The topological polar surface area (TPSA) is 104 Å². The summed E-state index contributed by atoms with van der Waals surface area (Å²) in [6.45, 7) is 7.86. The molecular formula is C36H57N3O4. The molecule has 1 rings (SSSR count). The van der Waals surface area contributed by atoms with Crippen LogP contribution in [0.3, 0.4) is 0 Å². The monoisotopic (exact) mass is 595 g/mol. The van der Waals surface area contributed by atoms with Gasteiger partial charge >= 0.3 is 0 Å². The van der Waals surface area contributed by atoms with Gasteiger partial charge in [-0.15, -0.1) is 0 Å². The van der Waals surface area contributed by atoms with Gasteiger partial charge < -0.3 is 16.0 Å². The molecule has 0 atom stereocenters. The van der Waals surface area contributed by atoms with Crippen molar-refractivity contribution in [3.63, 3.8) is 0 Å². The largest absolute Gasteiger partial charge is 0.352 e. The Bertz CT molecular complexity index is 967. The number of carbonyl (C=O) groups excluding carboxylic acids is 4. The van der Waals surface area contributed by atoms with Gasteiger partial charge in [0.1, 0.15) is 0 Å². The summed E-state index contributed by atoms with van der Waals surface area (Å²) in [6, 6.07) is 4.70. The number of amides is 3. The lowest BCUT2D eigenvalue weighted by Gasteiger charge is -2.12. The van der Waals surface area contributed by atoms with Gasteiger partial charge in [-0.05, 0) is 56.9 Å². The first-order valence-corrected chi connectivity index (χ1v) is 16.7. The molecule has 3 N–H and O–H groups in total. The first-order chi connectivity index (χ1) is 20.9. The summed E-state index contributed by atoms with van der Waals surface area (Å²) in [7, 11) is 0. The highest BCUT2D eigenvalue weighted by Crippen LogP contribution is 2.13. The number of unbranched alkanes of at least 4 members (excludes halogenated alkanes) is 12. The van der Waals surface area contributed by atoms with Crippen LogP contribution in [0.25, 0.3) is 0 Å². The fraction of sp³-hybridized carbons (Fsp3) is 0.611. The Morgan fingerprint density at radius 1 is 0.535 bits per heavy atom. The molecule has 0 unspecified atom stereocenters. The molecule has 43 heavy (non-hydrogen) atoms. The van der Waals surface area contributed by atoms with E-state index in [-0.39, 0.29) is 23.5 Å². The Hall–Kier alpha value is -3.22. The lowest BCUT2D eigenvalue weighted by atomic mass is 10.0. The van der Waals surface area contributed by atoms with Gasteiger partial charge in [0, 0.05) is 42.7 Å². The zero-order chi connectivity index (χ0) is 31.5. The van der Waals surface area contributed by atoms with Crippen molar-refractivity contribution in [1.82, 2.24) is 16.0 Å². The third-order valence-corrected chi connectivity index (χ3v) is 7.32. The van der Waals surface area contributed by atoms with Crippen molar-refractivity contribution in [1.29, 1.82) is 0 Å². The minimum Gasteiger partial charge on any atom is -0.352 e. The number of allylic oxidation sites excluding steroid dienone is 4. The number of rotatable bonds is 25. The molecule has 3 amide bonds. The van der Waals surface area contributed by atoms with Crippen LogP contribution >= 0.6 is 0 Å². The third kappa shape index (κ3) is 18.8. The van der Waals surface area contributed by atoms with E-state index in [1.807, 2.05) is 19.1 Å². The molecule has 0 saturated heterocycles. The van der Waals surface area contributed by atoms with Crippen LogP contribution in [0.1, 0.15) is 155 Å². The highest BCUT2D eigenvalue weighted by molar-refractivity contribution is 6.04. The van der Waals surface area contributed by atoms with Crippen LogP contribution < -0.4 is 16.0 Å². The average Bonchev–Trinajstić information content (AvgIpc) is 3.01. The predicted molar refractivity (Wildman–Crippen MR) is 178 cm³/mol. The van der Waals surface area contributed by atoms with E-state index in [2.05, 4.69) is 29.8 Å². The molecule has 0 spiro atoms. The van der Waals surface area contributed by atoms with Crippen molar-refractivity contribution in [3.05, 3.63) is 59.2 Å². The lowest BCUT2D eigenvalue weighted by molar-refractivity contribution is -0.114. The molecule has 7 nitrogen and oxygen atoms in total. The molecule has 0 saturated carbocycles. The first kappa shape index (κ1) is 37.8. The normalized spacial score (nSPS) is 11.2. The van der Waals surface area contributed by atoms with E-state index in [9.17, 15) is 19.2 Å². The van der Waals surface area contributed by atoms with Crippen LogP contribution in [0.4, 0.5) is 0 Å². The van der Waals surface area contributed by atoms with Crippen LogP contribution in [0, 0.1) is 0 Å². The van der Waals surface area contributed by atoms with E-state index >= 15 is 0 Å². The summed E-state index contributed by atoms with van der Waals surface area (Å²) in [5.74, 6) is -0.778. The Balaban J connectivity index is 2.72. The number of nitrogens with one attached hydrogen (secondary N) is 3. The quantitative estimate of drug-likeness (QED) is 0.0608. The summed E-state index contributed by atoms with van der Waals surface area (Å²) in [5.41, 5.74) is 0.918. The van der Waals surface area contributed by atoms with E-state index in [4.69, 9.17) is 0 Å². The van der Waals surface area contributed by atoms with Crippen molar-refractivity contribution in [2.24, 2.45) is 0 Å². The summed E-state index contributed by atoms with van der Waals surface area (Å²) < 4.78 is 0. The second-order valence-corrected chi connectivity index (χ2v) is 11.3. The average molecular weight is 596 g/mol. The van der Waals surface area contributed by atoms with E-state index in [0.29, 0.717) is 42.7 Å². The van der Waals surface area contributed by atoms with Crippen molar-refractivity contribution in [2.75, 3.05) is 19.6 Å². The van der Waals surface area contributed by atoms with Crippen LogP contribution in [-0.2, 0) is 4.79 Å². The Labute approximate surface area is 260 Å². The number of hydrogen-bond acceptors (Lipinski definition) is 4.